The van der Waals surface area contributed by atoms with Gasteiger partial charge in [-0.05, 0) is 36.4 Å². The summed E-state index contributed by atoms with van der Waals surface area (Å²) in [5.74, 6) is -2.02. The van der Waals surface area contributed by atoms with E-state index in [1.165, 1.54) is 26.4 Å². The quantitative estimate of drug-likeness (QED) is 0.568. The first-order chi connectivity index (χ1) is 14.9. The number of rotatable bonds is 8. The molecule has 2 amide bonds. The van der Waals surface area contributed by atoms with E-state index in [9.17, 15) is 18.4 Å². The van der Waals surface area contributed by atoms with Gasteiger partial charge in [-0.1, -0.05) is 0 Å². The van der Waals surface area contributed by atoms with Crippen molar-refractivity contribution in [2.75, 3.05) is 26.1 Å². The summed E-state index contributed by atoms with van der Waals surface area (Å²) in [5, 5.41) is 5.23. The Kier molecular flexibility index (Phi) is 6.86. The third kappa shape index (κ3) is 5.19. The summed E-state index contributed by atoms with van der Waals surface area (Å²) >= 11 is 0. The number of amides is 2. The van der Waals surface area contributed by atoms with E-state index in [0.717, 1.165) is 17.9 Å². The van der Waals surface area contributed by atoms with Crippen molar-refractivity contribution in [1.82, 2.24) is 5.32 Å². The van der Waals surface area contributed by atoms with Crippen LogP contribution in [0.1, 0.15) is 26.5 Å². The van der Waals surface area contributed by atoms with Crippen LogP contribution < -0.4 is 20.1 Å². The molecular weight excluding hydrogens is 410 g/mol. The number of carbonyl (C=O) groups excluding carboxylic acids is 2. The Morgan fingerprint density at radius 1 is 1.03 bits per heavy atom. The average Bonchev–Trinajstić information content (AvgIpc) is 3.26. The molecule has 0 saturated heterocycles. The molecule has 31 heavy (non-hydrogen) atoms. The molecule has 0 spiro atoms. The molecule has 0 radical (unpaired) electrons. The Balaban J connectivity index is 1.82. The fourth-order valence-corrected chi connectivity index (χ4v) is 2.91. The summed E-state index contributed by atoms with van der Waals surface area (Å²) in [6, 6.07) is 8.98. The molecule has 9 heteroatoms. The zero-order valence-corrected chi connectivity index (χ0v) is 16.8. The van der Waals surface area contributed by atoms with Gasteiger partial charge in [-0.15, -0.1) is 0 Å². The molecule has 0 bridgehead atoms. The van der Waals surface area contributed by atoms with Crippen LogP contribution in [0, 0.1) is 11.6 Å². The lowest BCUT2D eigenvalue weighted by molar-refractivity contribution is 0.0951. The van der Waals surface area contributed by atoms with Crippen LogP contribution >= 0.6 is 0 Å². The van der Waals surface area contributed by atoms with Crippen molar-refractivity contribution in [2.24, 2.45) is 0 Å². The molecular formula is C22H20F2N2O5. The van der Waals surface area contributed by atoms with Crippen LogP contribution in [0.15, 0.2) is 53.1 Å². The summed E-state index contributed by atoms with van der Waals surface area (Å²) in [4.78, 5) is 25.1. The Labute approximate surface area is 177 Å². The number of furan rings is 1. The minimum absolute atomic E-state index is 0.0896. The van der Waals surface area contributed by atoms with Crippen LogP contribution in [-0.2, 0) is 6.42 Å². The lowest BCUT2D eigenvalue weighted by atomic mass is 10.1. The lowest BCUT2D eigenvalue weighted by Gasteiger charge is -2.16. The fraction of sp³-hybridized carbons (Fsp3) is 0.182. The molecule has 1 aromatic heterocycles. The monoisotopic (exact) mass is 430 g/mol. The van der Waals surface area contributed by atoms with Crippen LogP contribution in [0.25, 0.3) is 0 Å². The van der Waals surface area contributed by atoms with E-state index < -0.39 is 23.4 Å². The van der Waals surface area contributed by atoms with Crippen molar-refractivity contribution in [1.29, 1.82) is 0 Å². The van der Waals surface area contributed by atoms with E-state index in [1.807, 2.05) is 0 Å². The van der Waals surface area contributed by atoms with Crippen LogP contribution in [0.4, 0.5) is 14.5 Å². The topological polar surface area (TPSA) is 89.8 Å². The number of hydrogen-bond acceptors (Lipinski definition) is 5. The van der Waals surface area contributed by atoms with Crippen molar-refractivity contribution < 1.29 is 32.3 Å². The zero-order valence-electron chi connectivity index (χ0n) is 16.8. The molecule has 162 valence electrons. The predicted octanol–water partition coefficient (Wildman–Crippen LogP) is 3.80. The van der Waals surface area contributed by atoms with Gasteiger partial charge in [0.2, 0.25) is 0 Å². The maximum Gasteiger partial charge on any atom is 0.258 e. The Hall–Kier alpha value is -3.88. The Morgan fingerprint density at radius 3 is 2.48 bits per heavy atom. The van der Waals surface area contributed by atoms with Crippen LogP contribution in [0.2, 0.25) is 0 Å². The SMILES string of the molecule is COc1cc(C(=O)NCCc2ccco2)cc(NC(=O)c2ccc(F)cc2F)c1OC. The van der Waals surface area contributed by atoms with Gasteiger partial charge in [0, 0.05) is 24.6 Å². The van der Waals surface area contributed by atoms with Crippen molar-refractivity contribution >= 4 is 17.5 Å². The second kappa shape index (κ2) is 9.75. The highest BCUT2D eigenvalue weighted by molar-refractivity contribution is 6.06. The zero-order chi connectivity index (χ0) is 22.4. The number of anilines is 1. The van der Waals surface area contributed by atoms with Gasteiger partial charge < -0.3 is 24.5 Å². The van der Waals surface area contributed by atoms with E-state index in [-0.39, 0.29) is 28.3 Å². The molecule has 2 N–H and O–H groups in total. The number of nitrogens with one attached hydrogen (secondary N) is 2. The highest BCUT2D eigenvalue weighted by Crippen LogP contribution is 2.37. The number of ether oxygens (including phenoxy) is 2. The average molecular weight is 430 g/mol. The van der Waals surface area contributed by atoms with Gasteiger partial charge in [0.1, 0.15) is 17.4 Å². The van der Waals surface area contributed by atoms with Gasteiger partial charge in [-0.25, -0.2) is 8.78 Å². The first-order valence-electron chi connectivity index (χ1n) is 9.26. The van der Waals surface area contributed by atoms with E-state index >= 15 is 0 Å². The fourth-order valence-electron chi connectivity index (χ4n) is 2.91. The second-order valence-corrected chi connectivity index (χ2v) is 6.42. The molecule has 3 rings (SSSR count). The van der Waals surface area contributed by atoms with Gasteiger partial charge in [-0.3, -0.25) is 9.59 Å². The number of halogens is 2. The van der Waals surface area contributed by atoms with Crippen molar-refractivity contribution in [2.45, 2.75) is 6.42 Å². The molecule has 1 heterocycles. The minimum Gasteiger partial charge on any atom is -0.493 e. The summed E-state index contributed by atoms with van der Waals surface area (Å²) in [6.45, 7) is 0.323. The highest BCUT2D eigenvalue weighted by atomic mass is 19.1. The minimum atomic E-state index is -1.02. The van der Waals surface area contributed by atoms with E-state index in [2.05, 4.69) is 10.6 Å². The van der Waals surface area contributed by atoms with Gasteiger partial charge >= 0.3 is 0 Å². The predicted molar refractivity (Wildman–Crippen MR) is 109 cm³/mol. The van der Waals surface area contributed by atoms with Crippen LogP contribution in [-0.4, -0.2) is 32.6 Å². The largest absolute Gasteiger partial charge is 0.493 e. The van der Waals surface area contributed by atoms with Crippen molar-refractivity contribution in [3.05, 3.63) is 77.2 Å². The first kappa shape index (κ1) is 21.8. The Morgan fingerprint density at radius 2 is 1.84 bits per heavy atom. The van der Waals surface area contributed by atoms with Crippen molar-refractivity contribution in [3.8, 4) is 11.5 Å². The highest BCUT2D eigenvalue weighted by Gasteiger charge is 2.20. The maximum atomic E-state index is 14.0. The lowest BCUT2D eigenvalue weighted by Crippen LogP contribution is -2.26. The molecule has 0 aliphatic rings. The summed E-state index contributed by atoms with van der Waals surface area (Å²) in [5.41, 5.74) is -0.0885. The Bertz CT molecular complexity index is 1080. The van der Waals surface area contributed by atoms with Gasteiger partial charge in [-0.2, -0.15) is 0 Å². The van der Waals surface area contributed by atoms with Gasteiger partial charge in [0.25, 0.3) is 11.8 Å². The molecule has 7 nitrogen and oxygen atoms in total. The van der Waals surface area contributed by atoms with E-state index in [1.54, 1.807) is 18.4 Å². The molecule has 2 aromatic carbocycles. The maximum absolute atomic E-state index is 14.0. The molecule has 0 saturated carbocycles. The van der Waals surface area contributed by atoms with Crippen LogP contribution in [0.3, 0.4) is 0 Å². The van der Waals surface area contributed by atoms with Gasteiger partial charge in [0.05, 0.1) is 31.7 Å². The van der Waals surface area contributed by atoms with Crippen LogP contribution in [0.5, 0.6) is 11.5 Å². The first-order valence-corrected chi connectivity index (χ1v) is 9.26. The second-order valence-electron chi connectivity index (χ2n) is 6.42. The van der Waals surface area contributed by atoms with Crippen molar-refractivity contribution in [3.63, 3.8) is 0 Å². The molecule has 3 aromatic rings. The molecule has 0 aliphatic carbocycles. The normalized spacial score (nSPS) is 10.5. The number of benzene rings is 2. The summed E-state index contributed by atoms with van der Waals surface area (Å²) in [7, 11) is 2.73. The number of hydrogen-bond donors (Lipinski definition) is 2. The summed E-state index contributed by atoms with van der Waals surface area (Å²) in [6.07, 6.45) is 2.05. The smallest absolute Gasteiger partial charge is 0.258 e. The number of methoxy groups -OCH3 is 2. The summed E-state index contributed by atoms with van der Waals surface area (Å²) < 4.78 is 42.9. The molecule has 0 aliphatic heterocycles. The third-order valence-electron chi connectivity index (χ3n) is 4.40. The molecule has 0 atom stereocenters. The third-order valence-corrected chi connectivity index (χ3v) is 4.40. The standard InChI is InChI=1S/C22H20F2N2O5/c1-29-19-11-13(21(27)25-8-7-15-4-3-9-31-15)10-18(20(19)30-2)26-22(28)16-6-5-14(23)12-17(16)24/h3-6,9-12H,7-8H2,1-2H3,(H,25,27)(H,26,28). The molecule has 0 unspecified atom stereocenters. The molecule has 0 fully saturated rings. The number of carbonyl (C=O) groups is 2. The van der Waals surface area contributed by atoms with E-state index in [0.29, 0.717) is 19.0 Å². The van der Waals surface area contributed by atoms with E-state index in [4.69, 9.17) is 13.9 Å². The van der Waals surface area contributed by atoms with Gasteiger partial charge in [0.15, 0.2) is 11.5 Å².